The number of hydrogen-bond acceptors (Lipinski definition) is 5. The Bertz CT molecular complexity index is 360. The van der Waals surface area contributed by atoms with Crippen LogP contribution < -0.4 is 10.6 Å². The summed E-state index contributed by atoms with van der Waals surface area (Å²) in [6.07, 6.45) is 2.92. The van der Waals surface area contributed by atoms with E-state index in [2.05, 4.69) is 33.6 Å². The van der Waals surface area contributed by atoms with Crippen LogP contribution in [-0.4, -0.2) is 47.1 Å². The molecule has 1 fully saturated rings. The van der Waals surface area contributed by atoms with Gasteiger partial charge in [-0.25, -0.2) is 4.98 Å². The smallest absolute Gasteiger partial charge is 0.227 e. The van der Waals surface area contributed by atoms with Gasteiger partial charge in [0.05, 0.1) is 0 Å². The van der Waals surface area contributed by atoms with Gasteiger partial charge in [0, 0.05) is 38.4 Å². The van der Waals surface area contributed by atoms with Crippen LogP contribution in [-0.2, 0) is 0 Å². The molecule has 0 saturated carbocycles. The SMILES string of the molecule is CCC(C)N1CCN(c2nccc(N)n2)CC1. The fourth-order valence-electron chi connectivity index (χ4n) is 2.14. The molecule has 94 valence electrons. The number of nitrogens with zero attached hydrogens (tertiary/aromatic N) is 4. The summed E-state index contributed by atoms with van der Waals surface area (Å²) in [4.78, 5) is 13.3. The van der Waals surface area contributed by atoms with Crippen molar-refractivity contribution in [1.29, 1.82) is 0 Å². The molecule has 17 heavy (non-hydrogen) atoms. The van der Waals surface area contributed by atoms with Gasteiger partial charge in [-0.3, -0.25) is 4.90 Å². The number of nitrogen functional groups attached to an aromatic ring is 1. The number of piperazine rings is 1. The molecule has 1 atom stereocenters. The number of rotatable bonds is 3. The van der Waals surface area contributed by atoms with E-state index in [1.807, 2.05) is 0 Å². The van der Waals surface area contributed by atoms with E-state index >= 15 is 0 Å². The molecule has 1 saturated heterocycles. The average molecular weight is 235 g/mol. The zero-order chi connectivity index (χ0) is 12.3. The highest BCUT2D eigenvalue weighted by Crippen LogP contribution is 2.14. The summed E-state index contributed by atoms with van der Waals surface area (Å²) in [5, 5.41) is 0. The van der Waals surface area contributed by atoms with E-state index in [0.717, 1.165) is 32.1 Å². The fraction of sp³-hybridized carbons (Fsp3) is 0.667. The van der Waals surface area contributed by atoms with Gasteiger partial charge >= 0.3 is 0 Å². The Balaban J connectivity index is 1.95. The third-order valence-corrected chi connectivity index (χ3v) is 3.48. The maximum atomic E-state index is 5.67. The molecule has 1 aliphatic heterocycles. The van der Waals surface area contributed by atoms with Crippen LogP contribution in [0.3, 0.4) is 0 Å². The minimum absolute atomic E-state index is 0.541. The van der Waals surface area contributed by atoms with E-state index in [4.69, 9.17) is 5.73 Å². The molecule has 0 radical (unpaired) electrons. The Morgan fingerprint density at radius 2 is 2.06 bits per heavy atom. The van der Waals surface area contributed by atoms with Gasteiger partial charge in [-0.05, 0) is 19.4 Å². The molecule has 1 unspecified atom stereocenters. The van der Waals surface area contributed by atoms with Crippen LogP contribution in [0.4, 0.5) is 11.8 Å². The number of nitrogens with two attached hydrogens (primary N) is 1. The van der Waals surface area contributed by atoms with Gasteiger partial charge in [0.2, 0.25) is 5.95 Å². The monoisotopic (exact) mass is 235 g/mol. The highest BCUT2D eigenvalue weighted by molar-refractivity contribution is 5.38. The summed E-state index contributed by atoms with van der Waals surface area (Å²) in [6, 6.07) is 2.39. The second-order valence-corrected chi connectivity index (χ2v) is 4.56. The molecule has 5 heteroatoms. The molecule has 0 aliphatic carbocycles. The van der Waals surface area contributed by atoms with Crippen LogP contribution in [0.1, 0.15) is 20.3 Å². The molecule has 5 nitrogen and oxygen atoms in total. The molecule has 0 spiro atoms. The van der Waals surface area contributed by atoms with Crippen molar-refractivity contribution < 1.29 is 0 Å². The van der Waals surface area contributed by atoms with Crippen molar-refractivity contribution in [3.63, 3.8) is 0 Å². The highest BCUT2D eigenvalue weighted by atomic mass is 15.3. The standard InChI is InChI=1S/C12H21N5/c1-3-10(2)16-6-8-17(9-7-16)12-14-5-4-11(13)15-12/h4-5,10H,3,6-9H2,1-2H3,(H2,13,14,15). The average Bonchev–Trinajstić information content (AvgIpc) is 2.38. The van der Waals surface area contributed by atoms with Crippen LogP contribution in [0, 0.1) is 0 Å². The zero-order valence-electron chi connectivity index (χ0n) is 10.6. The van der Waals surface area contributed by atoms with E-state index in [0.29, 0.717) is 11.9 Å². The third kappa shape index (κ3) is 2.85. The summed E-state index contributed by atoms with van der Waals surface area (Å²) in [6.45, 7) is 8.63. The normalized spacial score (nSPS) is 19.3. The minimum atomic E-state index is 0.541. The second kappa shape index (κ2) is 5.31. The topological polar surface area (TPSA) is 58.3 Å². The first kappa shape index (κ1) is 12.1. The molecule has 0 amide bonds. The molecule has 0 bridgehead atoms. The minimum Gasteiger partial charge on any atom is -0.384 e. The van der Waals surface area contributed by atoms with E-state index in [1.165, 1.54) is 6.42 Å². The highest BCUT2D eigenvalue weighted by Gasteiger charge is 2.21. The molecular weight excluding hydrogens is 214 g/mol. The number of aromatic nitrogens is 2. The van der Waals surface area contributed by atoms with Gasteiger partial charge in [-0.15, -0.1) is 0 Å². The van der Waals surface area contributed by atoms with Crippen molar-refractivity contribution >= 4 is 11.8 Å². The van der Waals surface area contributed by atoms with Gasteiger partial charge in [-0.1, -0.05) is 6.92 Å². The predicted octanol–water partition coefficient (Wildman–Crippen LogP) is 0.979. The Morgan fingerprint density at radius 1 is 1.35 bits per heavy atom. The number of hydrogen-bond donors (Lipinski definition) is 1. The second-order valence-electron chi connectivity index (χ2n) is 4.56. The lowest BCUT2D eigenvalue weighted by Crippen LogP contribution is -2.50. The van der Waals surface area contributed by atoms with Crippen molar-refractivity contribution in [2.75, 3.05) is 36.8 Å². The molecule has 1 aromatic heterocycles. The summed E-state index contributed by atoms with van der Waals surface area (Å²) in [5.41, 5.74) is 5.67. The van der Waals surface area contributed by atoms with Crippen LogP contribution in [0.2, 0.25) is 0 Å². The van der Waals surface area contributed by atoms with Crippen LogP contribution >= 0.6 is 0 Å². The number of anilines is 2. The Kier molecular flexibility index (Phi) is 3.78. The predicted molar refractivity (Wildman–Crippen MR) is 70.0 cm³/mol. The quantitative estimate of drug-likeness (QED) is 0.846. The molecule has 2 rings (SSSR count). The van der Waals surface area contributed by atoms with Crippen molar-refractivity contribution in [1.82, 2.24) is 14.9 Å². The summed E-state index contributed by atoms with van der Waals surface area (Å²) >= 11 is 0. The Hall–Kier alpha value is -1.36. The third-order valence-electron chi connectivity index (χ3n) is 3.48. The summed E-state index contributed by atoms with van der Waals surface area (Å²) in [7, 11) is 0. The van der Waals surface area contributed by atoms with E-state index in [9.17, 15) is 0 Å². The molecule has 0 aromatic carbocycles. The van der Waals surface area contributed by atoms with Gasteiger partial charge in [0.25, 0.3) is 0 Å². The zero-order valence-corrected chi connectivity index (χ0v) is 10.6. The van der Waals surface area contributed by atoms with E-state index in [1.54, 1.807) is 12.3 Å². The molecule has 2 N–H and O–H groups in total. The van der Waals surface area contributed by atoms with Crippen LogP contribution in [0.25, 0.3) is 0 Å². The van der Waals surface area contributed by atoms with Gasteiger partial charge in [-0.2, -0.15) is 4.98 Å². The van der Waals surface area contributed by atoms with Gasteiger partial charge in [0.1, 0.15) is 5.82 Å². The van der Waals surface area contributed by atoms with Crippen LogP contribution in [0.5, 0.6) is 0 Å². The van der Waals surface area contributed by atoms with Gasteiger partial charge < -0.3 is 10.6 Å². The lowest BCUT2D eigenvalue weighted by atomic mass is 10.2. The fourth-order valence-corrected chi connectivity index (χ4v) is 2.14. The molecule has 1 aromatic rings. The van der Waals surface area contributed by atoms with E-state index < -0.39 is 0 Å². The van der Waals surface area contributed by atoms with Crippen LogP contribution in [0.15, 0.2) is 12.3 Å². The van der Waals surface area contributed by atoms with Crippen molar-refractivity contribution in [2.24, 2.45) is 0 Å². The lowest BCUT2D eigenvalue weighted by Gasteiger charge is -2.37. The van der Waals surface area contributed by atoms with Crippen molar-refractivity contribution in [3.8, 4) is 0 Å². The first-order chi connectivity index (χ1) is 8.20. The first-order valence-electron chi connectivity index (χ1n) is 6.28. The summed E-state index contributed by atoms with van der Waals surface area (Å²) in [5.74, 6) is 1.30. The summed E-state index contributed by atoms with van der Waals surface area (Å²) < 4.78 is 0. The van der Waals surface area contributed by atoms with Crippen molar-refractivity contribution in [3.05, 3.63) is 12.3 Å². The maximum absolute atomic E-state index is 5.67. The maximum Gasteiger partial charge on any atom is 0.227 e. The largest absolute Gasteiger partial charge is 0.384 e. The molecule has 2 heterocycles. The first-order valence-corrected chi connectivity index (χ1v) is 6.28. The lowest BCUT2D eigenvalue weighted by molar-refractivity contribution is 0.192. The van der Waals surface area contributed by atoms with Gasteiger partial charge in [0.15, 0.2) is 0 Å². The molecule has 1 aliphatic rings. The molecular formula is C12H21N5. The Labute approximate surface area is 103 Å². The van der Waals surface area contributed by atoms with Crippen molar-refractivity contribution in [2.45, 2.75) is 26.3 Å². The Morgan fingerprint density at radius 3 is 2.65 bits per heavy atom. The van der Waals surface area contributed by atoms with E-state index in [-0.39, 0.29) is 0 Å².